The molecule has 27 heavy (non-hydrogen) atoms. The molecule has 0 aliphatic carbocycles. The highest BCUT2D eigenvalue weighted by Crippen LogP contribution is 2.31. The lowest BCUT2D eigenvalue weighted by molar-refractivity contribution is -0.120. The van der Waals surface area contributed by atoms with E-state index in [1.54, 1.807) is 36.4 Å². The zero-order valence-corrected chi connectivity index (χ0v) is 16.1. The minimum Gasteiger partial charge on any atom is -0.484 e. The van der Waals surface area contributed by atoms with E-state index < -0.39 is 5.91 Å². The second-order valence-corrected chi connectivity index (χ2v) is 7.49. The van der Waals surface area contributed by atoms with Crippen LogP contribution < -0.4 is 21.1 Å². The van der Waals surface area contributed by atoms with Crippen LogP contribution in [-0.4, -0.2) is 23.9 Å². The van der Waals surface area contributed by atoms with Crippen LogP contribution in [0.5, 0.6) is 5.75 Å². The zero-order valence-electron chi connectivity index (χ0n) is 14.5. The average Bonchev–Trinajstić information content (AvgIpc) is 2.96. The Morgan fingerprint density at radius 2 is 2.07 bits per heavy atom. The number of carbonyl (C=O) groups excluding carboxylic acids is 2. The lowest BCUT2D eigenvalue weighted by Gasteiger charge is -2.15. The molecule has 1 heterocycles. The van der Waals surface area contributed by atoms with Crippen LogP contribution in [0.1, 0.15) is 11.1 Å². The monoisotopic (exact) mass is 403 g/mol. The van der Waals surface area contributed by atoms with Crippen molar-refractivity contribution in [3.63, 3.8) is 0 Å². The summed E-state index contributed by atoms with van der Waals surface area (Å²) in [4.78, 5) is 23.6. The fourth-order valence-electron chi connectivity index (χ4n) is 2.46. The summed E-state index contributed by atoms with van der Waals surface area (Å²) in [5.74, 6) is -0.134. The van der Waals surface area contributed by atoms with E-state index in [1.807, 2.05) is 19.1 Å². The van der Waals surface area contributed by atoms with Gasteiger partial charge >= 0.3 is 0 Å². The summed E-state index contributed by atoms with van der Waals surface area (Å²) >= 11 is 7.38. The number of hydrogen-bond acceptors (Lipinski definition) is 5. The number of benzene rings is 2. The molecule has 140 valence electrons. The van der Waals surface area contributed by atoms with E-state index in [2.05, 4.69) is 10.6 Å². The molecule has 2 aromatic carbocycles. The lowest BCUT2D eigenvalue weighted by atomic mass is 10.2. The minimum atomic E-state index is -0.533. The first-order chi connectivity index (χ1) is 12.9. The van der Waals surface area contributed by atoms with Gasteiger partial charge in [0.2, 0.25) is 0 Å². The number of carbonyl (C=O) groups is 2. The summed E-state index contributed by atoms with van der Waals surface area (Å²) in [6.45, 7) is 1.78. The van der Waals surface area contributed by atoms with Crippen LogP contribution in [-0.2, 0) is 9.59 Å². The van der Waals surface area contributed by atoms with Crippen molar-refractivity contribution in [1.82, 2.24) is 5.32 Å². The molecule has 1 unspecified atom stereocenters. The van der Waals surface area contributed by atoms with E-state index in [-0.39, 0.29) is 18.0 Å². The van der Waals surface area contributed by atoms with Gasteiger partial charge in [0.25, 0.3) is 11.8 Å². The van der Waals surface area contributed by atoms with Crippen molar-refractivity contribution in [3.05, 3.63) is 63.5 Å². The number of ether oxygens (including phenoxy) is 1. The Balaban J connectivity index is 1.65. The van der Waals surface area contributed by atoms with Gasteiger partial charge in [-0.25, -0.2) is 0 Å². The third-order valence-corrected chi connectivity index (χ3v) is 5.03. The summed E-state index contributed by atoms with van der Waals surface area (Å²) < 4.78 is 5.22. The van der Waals surface area contributed by atoms with E-state index in [4.69, 9.17) is 22.1 Å². The predicted octanol–water partition coefficient (Wildman–Crippen LogP) is 3.11. The molecule has 0 spiro atoms. The molecule has 1 aliphatic rings. The average molecular weight is 404 g/mol. The fourth-order valence-corrected chi connectivity index (χ4v) is 3.66. The predicted molar refractivity (Wildman–Crippen MR) is 108 cm³/mol. The summed E-state index contributed by atoms with van der Waals surface area (Å²) in [6, 6.07) is 12.6. The Bertz CT molecular complexity index is 900. The van der Waals surface area contributed by atoms with Crippen LogP contribution in [0.4, 0.5) is 5.69 Å². The molecule has 0 aromatic heterocycles. The molecular weight excluding hydrogens is 386 g/mol. The second-order valence-electron chi connectivity index (χ2n) is 5.91. The molecule has 0 saturated carbocycles. The molecule has 6 nitrogen and oxygen atoms in total. The maximum Gasteiger partial charge on any atom is 0.260 e. The molecule has 4 N–H and O–H groups in total. The zero-order chi connectivity index (χ0) is 19.4. The summed E-state index contributed by atoms with van der Waals surface area (Å²) in [5.41, 5.74) is 7.55. The number of nitrogens with two attached hydrogens (primary N) is 1. The fraction of sp³-hybridized carbons (Fsp3) is 0.158. The Morgan fingerprint density at radius 1 is 1.33 bits per heavy atom. The van der Waals surface area contributed by atoms with Crippen LogP contribution in [0, 0.1) is 6.92 Å². The molecule has 1 fully saturated rings. The van der Waals surface area contributed by atoms with Crippen molar-refractivity contribution in [1.29, 1.82) is 0 Å². The van der Waals surface area contributed by atoms with Crippen molar-refractivity contribution in [2.75, 3.05) is 11.9 Å². The van der Waals surface area contributed by atoms with Crippen molar-refractivity contribution < 1.29 is 14.3 Å². The van der Waals surface area contributed by atoms with E-state index in [1.165, 1.54) is 11.8 Å². The molecule has 1 atom stereocenters. The van der Waals surface area contributed by atoms with Gasteiger partial charge in [-0.05, 0) is 54.5 Å². The molecule has 0 radical (unpaired) electrons. The van der Waals surface area contributed by atoms with Gasteiger partial charge in [0.1, 0.15) is 5.75 Å². The van der Waals surface area contributed by atoms with E-state index in [0.29, 0.717) is 15.7 Å². The van der Waals surface area contributed by atoms with E-state index in [0.717, 1.165) is 16.8 Å². The van der Waals surface area contributed by atoms with Gasteiger partial charge in [-0.15, -0.1) is 0 Å². The molecule has 2 aromatic rings. The number of halogens is 1. The Morgan fingerprint density at radius 3 is 2.74 bits per heavy atom. The van der Waals surface area contributed by atoms with Gasteiger partial charge in [-0.1, -0.05) is 35.5 Å². The topological polar surface area (TPSA) is 93.4 Å². The second kappa shape index (κ2) is 8.37. The molecule has 1 aliphatic heterocycles. The maximum atomic E-state index is 12.2. The normalized spacial score (nSPS) is 17.6. The number of primary amides is 1. The van der Waals surface area contributed by atoms with Crippen LogP contribution in [0.25, 0.3) is 6.08 Å². The highest BCUT2D eigenvalue weighted by Gasteiger charge is 2.27. The van der Waals surface area contributed by atoms with Gasteiger partial charge in [0.05, 0.1) is 4.91 Å². The Kier molecular flexibility index (Phi) is 5.93. The maximum absolute atomic E-state index is 12.2. The molecule has 8 heteroatoms. The first-order valence-electron chi connectivity index (χ1n) is 8.14. The van der Waals surface area contributed by atoms with Gasteiger partial charge < -0.3 is 21.1 Å². The van der Waals surface area contributed by atoms with Gasteiger partial charge in [0, 0.05) is 10.7 Å². The summed E-state index contributed by atoms with van der Waals surface area (Å²) in [5, 5.41) is 6.85. The molecule has 1 saturated heterocycles. The Hall–Kier alpha value is -2.64. The number of hydrogen-bond donors (Lipinski definition) is 3. The number of thioether (sulfide) groups is 1. The lowest BCUT2D eigenvalue weighted by Crippen LogP contribution is -2.31. The first-order valence-corrected chi connectivity index (χ1v) is 9.39. The molecule has 2 amide bonds. The smallest absolute Gasteiger partial charge is 0.260 e. The van der Waals surface area contributed by atoms with Crippen molar-refractivity contribution in [2.45, 2.75) is 12.4 Å². The molecule has 0 bridgehead atoms. The summed E-state index contributed by atoms with van der Waals surface area (Å²) in [7, 11) is 0. The molecule has 3 rings (SSSR count). The third-order valence-electron chi connectivity index (χ3n) is 3.76. The van der Waals surface area contributed by atoms with Crippen LogP contribution >= 0.6 is 23.4 Å². The van der Waals surface area contributed by atoms with Crippen molar-refractivity contribution in [2.24, 2.45) is 5.73 Å². The van der Waals surface area contributed by atoms with E-state index in [9.17, 15) is 9.59 Å². The van der Waals surface area contributed by atoms with Crippen LogP contribution in [0.2, 0.25) is 5.02 Å². The van der Waals surface area contributed by atoms with Crippen LogP contribution in [0.3, 0.4) is 0 Å². The number of rotatable bonds is 6. The highest BCUT2D eigenvalue weighted by molar-refractivity contribution is 8.05. The SMILES string of the molecule is Cc1cc(Cl)ccc1NC1NC(=O)/C(=C/c2ccc(OCC(N)=O)cc2)S1. The summed E-state index contributed by atoms with van der Waals surface area (Å²) in [6.07, 6.45) is 1.80. The molecular formula is C19H18ClN3O3S. The first kappa shape index (κ1) is 19.1. The van der Waals surface area contributed by atoms with Crippen molar-refractivity contribution >= 4 is 46.9 Å². The quantitative estimate of drug-likeness (QED) is 0.644. The standard InChI is InChI=1S/C19H18ClN3O3S/c1-11-8-13(20)4-7-15(11)22-19-23-18(25)16(27-19)9-12-2-5-14(6-3-12)26-10-17(21)24/h2-9,19,22H,10H2,1H3,(H2,21,24)(H,23,25)/b16-9-. The Labute approximate surface area is 166 Å². The number of aryl methyl sites for hydroxylation is 1. The third kappa shape index (κ3) is 5.18. The van der Waals surface area contributed by atoms with Gasteiger partial charge in [0.15, 0.2) is 12.1 Å². The number of anilines is 1. The van der Waals surface area contributed by atoms with Crippen LogP contribution in [0.15, 0.2) is 47.4 Å². The highest BCUT2D eigenvalue weighted by atomic mass is 35.5. The largest absolute Gasteiger partial charge is 0.484 e. The van der Waals surface area contributed by atoms with Gasteiger partial charge in [-0.3, -0.25) is 9.59 Å². The van der Waals surface area contributed by atoms with E-state index >= 15 is 0 Å². The van der Waals surface area contributed by atoms with Crippen molar-refractivity contribution in [3.8, 4) is 5.75 Å². The van der Waals surface area contributed by atoms with Gasteiger partial charge in [-0.2, -0.15) is 0 Å². The minimum absolute atomic E-state index is 0.141. The number of amides is 2. The number of nitrogens with one attached hydrogen (secondary N) is 2.